The van der Waals surface area contributed by atoms with Gasteiger partial charge in [0.2, 0.25) is 0 Å². The van der Waals surface area contributed by atoms with Gasteiger partial charge in [0.1, 0.15) is 5.82 Å². The summed E-state index contributed by atoms with van der Waals surface area (Å²) < 4.78 is 35.0. The molecule has 0 aliphatic rings. The number of hydrogen-bond donors (Lipinski definition) is 2. The van der Waals surface area contributed by atoms with E-state index in [9.17, 15) is 9.50 Å². The Bertz CT molecular complexity index is 738. The minimum absolute atomic E-state index is 0.132. The normalized spacial score (nSPS) is 11.8. The number of nitrogens with one attached hydrogen (secondary N) is 1. The maximum absolute atomic E-state index is 14.2. The predicted molar refractivity (Wildman–Crippen MR) is 95.7 cm³/mol. The van der Waals surface area contributed by atoms with Crippen molar-refractivity contribution in [3.63, 3.8) is 0 Å². The Morgan fingerprint density at radius 2 is 1.62 bits per heavy atom. The third-order valence-corrected chi connectivity index (χ3v) is 4.00. The van der Waals surface area contributed by atoms with Crippen LogP contribution in [0, 0.1) is 5.82 Å². The molecule has 0 aliphatic heterocycles. The molecule has 0 spiro atoms. The Balaban J connectivity index is 2.07. The number of para-hydroxylation sites is 1. The molecule has 0 bridgehead atoms. The van der Waals surface area contributed by atoms with Crippen molar-refractivity contribution in [1.29, 1.82) is 0 Å². The van der Waals surface area contributed by atoms with Crippen LogP contribution >= 0.6 is 0 Å². The van der Waals surface area contributed by atoms with Crippen LogP contribution in [0.5, 0.6) is 23.0 Å². The first kappa shape index (κ1) is 19.8. The van der Waals surface area contributed by atoms with Gasteiger partial charge in [-0.05, 0) is 12.1 Å². The van der Waals surface area contributed by atoms with Gasteiger partial charge in [-0.1, -0.05) is 12.1 Å². The SMILES string of the molecule is COc1cc(F)c(C(O)CNCc2cccc(OC)c2OC)cc1OC. The molecule has 26 heavy (non-hydrogen) atoms. The van der Waals surface area contributed by atoms with Crippen molar-refractivity contribution in [2.24, 2.45) is 0 Å². The van der Waals surface area contributed by atoms with Crippen LogP contribution < -0.4 is 24.3 Å². The smallest absolute Gasteiger partial charge is 0.165 e. The highest BCUT2D eigenvalue weighted by Gasteiger charge is 2.18. The van der Waals surface area contributed by atoms with Crippen molar-refractivity contribution in [3.05, 3.63) is 47.3 Å². The fraction of sp³-hybridized carbons (Fsp3) is 0.368. The van der Waals surface area contributed by atoms with Gasteiger partial charge in [-0.15, -0.1) is 0 Å². The third kappa shape index (κ3) is 4.36. The Morgan fingerprint density at radius 1 is 0.962 bits per heavy atom. The molecular formula is C19H24FNO5. The van der Waals surface area contributed by atoms with E-state index >= 15 is 0 Å². The maximum atomic E-state index is 14.2. The molecule has 2 N–H and O–H groups in total. The fourth-order valence-corrected chi connectivity index (χ4v) is 2.67. The zero-order chi connectivity index (χ0) is 19.1. The van der Waals surface area contributed by atoms with Gasteiger partial charge < -0.3 is 29.4 Å². The van der Waals surface area contributed by atoms with Gasteiger partial charge in [0, 0.05) is 30.3 Å². The van der Waals surface area contributed by atoms with E-state index in [4.69, 9.17) is 18.9 Å². The second-order valence-corrected chi connectivity index (χ2v) is 5.53. The number of rotatable bonds is 9. The summed E-state index contributed by atoms with van der Waals surface area (Å²) in [5.74, 6) is 1.32. The standard InChI is InChI=1S/C19H24FNO5/c1-23-16-7-5-6-12(19(16)26-4)10-21-11-15(22)13-8-17(24-2)18(25-3)9-14(13)20/h5-9,15,21-22H,10-11H2,1-4H3. The third-order valence-electron chi connectivity index (χ3n) is 4.00. The number of aliphatic hydroxyl groups excluding tert-OH is 1. The first-order chi connectivity index (χ1) is 12.5. The molecule has 6 nitrogen and oxygen atoms in total. The summed E-state index contributed by atoms with van der Waals surface area (Å²) in [7, 11) is 6.02. The van der Waals surface area contributed by atoms with Crippen LogP contribution in [0.25, 0.3) is 0 Å². The predicted octanol–water partition coefficient (Wildman–Crippen LogP) is 2.68. The van der Waals surface area contributed by atoms with Crippen LogP contribution in [0.1, 0.15) is 17.2 Å². The lowest BCUT2D eigenvalue weighted by molar-refractivity contribution is 0.169. The average Bonchev–Trinajstić information content (AvgIpc) is 2.67. The molecule has 0 radical (unpaired) electrons. The van der Waals surface area contributed by atoms with Crippen LogP contribution in [0.15, 0.2) is 30.3 Å². The second kappa shape index (κ2) is 9.26. The van der Waals surface area contributed by atoms with Gasteiger partial charge in [-0.25, -0.2) is 4.39 Å². The Hall–Kier alpha value is -2.51. The number of benzene rings is 2. The van der Waals surface area contributed by atoms with Crippen molar-refractivity contribution in [1.82, 2.24) is 5.32 Å². The van der Waals surface area contributed by atoms with Gasteiger partial charge in [0.25, 0.3) is 0 Å². The maximum Gasteiger partial charge on any atom is 0.165 e. The summed E-state index contributed by atoms with van der Waals surface area (Å²) in [6.07, 6.45) is -1.05. The fourth-order valence-electron chi connectivity index (χ4n) is 2.67. The minimum atomic E-state index is -1.05. The van der Waals surface area contributed by atoms with Crippen LogP contribution in [-0.2, 0) is 6.54 Å². The second-order valence-electron chi connectivity index (χ2n) is 5.53. The van der Waals surface area contributed by atoms with E-state index in [1.54, 1.807) is 20.3 Å². The number of methoxy groups -OCH3 is 4. The van der Waals surface area contributed by atoms with Crippen molar-refractivity contribution >= 4 is 0 Å². The highest BCUT2D eigenvalue weighted by molar-refractivity contribution is 5.47. The summed E-state index contributed by atoms with van der Waals surface area (Å²) in [6.45, 7) is 0.569. The highest BCUT2D eigenvalue weighted by atomic mass is 19.1. The Labute approximate surface area is 152 Å². The van der Waals surface area contributed by atoms with Gasteiger partial charge in [-0.3, -0.25) is 0 Å². The largest absolute Gasteiger partial charge is 0.493 e. The number of halogens is 1. The molecule has 0 aromatic heterocycles. The molecule has 1 unspecified atom stereocenters. The topological polar surface area (TPSA) is 69.2 Å². The van der Waals surface area contributed by atoms with Crippen molar-refractivity contribution in [2.75, 3.05) is 35.0 Å². The summed E-state index contributed by atoms with van der Waals surface area (Å²) in [5, 5.41) is 13.4. The molecule has 0 amide bonds. The highest BCUT2D eigenvalue weighted by Crippen LogP contribution is 2.33. The lowest BCUT2D eigenvalue weighted by Gasteiger charge is -2.17. The van der Waals surface area contributed by atoms with E-state index in [0.29, 0.717) is 23.8 Å². The summed E-state index contributed by atoms with van der Waals surface area (Å²) >= 11 is 0. The van der Waals surface area contributed by atoms with Crippen LogP contribution in [0.3, 0.4) is 0 Å². The summed E-state index contributed by atoms with van der Waals surface area (Å²) in [5.41, 5.74) is 1.000. The molecule has 0 aliphatic carbocycles. The van der Waals surface area contributed by atoms with Crippen LogP contribution in [-0.4, -0.2) is 40.1 Å². The van der Waals surface area contributed by atoms with E-state index in [1.165, 1.54) is 26.4 Å². The van der Waals surface area contributed by atoms with E-state index in [2.05, 4.69) is 5.32 Å². The molecule has 2 rings (SSSR count). The van der Waals surface area contributed by atoms with Crippen LogP contribution in [0.4, 0.5) is 4.39 Å². The first-order valence-corrected chi connectivity index (χ1v) is 8.05. The number of ether oxygens (including phenoxy) is 4. The quantitative estimate of drug-likeness (QED) is 0.712. The van der Waals surface area contributed by atoms with Crippen molar-refractivity contribution in [3.8, 4) is 23.0 Å². The lowest BCUT2D eigenvalue weighted by atomic mass is 10.1. The Morgan fingerprint density at radius 3 is 2.23 bits per heavy atom. The zero-order valence-corrected chi connectivity index (χ0v) is 15.3. The molecule has 0 heterocycles. The van der Waals surface area contributed by atoms with Gasteiger partial charge in [-0.2, -0.15) is 0 Å². The van der Waals surface area contributed by atoms with E-state index in [0.717, 1.165) is 5.56 Å². The monoisotopic (exact) mass is 365 g/mol. The van der Waals surface area contributed by atoms with Gasteiger partial charge in [0.05, 0.1) is 34.5 Å². The zero-order valence-electron chi connectivity index (χ0n) is 15.3. The van der Waals surface area contributed by atoms with Crippen LogP contribution in [0.2, 0.25) is 0 Å². The van der Waals surface area contributed by atoms with Crippen molar-refractivity contribution < 1.29 is 28.4 Å². The molecule has 7 heteroatoms. The summed E-state index contributed by atoms with van der Waals surface area (Å²) in [6, 6.07) is 8.17. The van der Waals surface area contributed by atoms with E-state index in [1.807, 2.05) is 12.1 Å². The molecule has 2 aromatic carbocycles. The molecule has 142 valence electrons. The molecule has 0 fully saturated rings. The van der Waals surface area contributed by atoms with Gasteiger partial charge in [0.15, 0.2) is 23.0 Å². The minimum Gasteiger partial charge on any atom is -0.493 e. The average molecular weight is 365 g/mol. The first-order valence-electron chi connectivity index (χ1n) is 8.05. The lowest BCUT2D eigenvalue weighted by Crippen LogP contribution is -2.22. The van der Waals surface area contributed by atoms with E-state index in [-0.39, 0.29) is 17.9 Å². The molecule has 0 saturated heterocycles. The molecular weight excluding hydrogens is 341 g/mol. The molecule has 2 aromatic rings. The Kier molecular flexibility index (Phi) is 7.06. The van der Waals surface area contributed by atoms with Gasteiger partial charge >= 0.3 is 0 Å². The van der Waals surface area contributed by atoms with E-state index < -0.39 is 11.9 Å². The number of hydrogen-bond acceptors (Lipinski definition) is 6. The molecule has 1 atom stereocenters. The number of aliphatic hydroxyl groups is 1. The molecule has 0 saturated carbocycles. The van der Waals surface area contributed by atoms with Crippen molar-refractivity contribution in [2.45, 2.75) is 12.6 Å². The summed E-state index contributed by atoms with van der Waals surface area (Å²) in [4.78, 5) is 0.